The molecule has 0 amide bonds. The molecule has 1 aliphatic carbocycles. The van der Waals surface area contributed by atoms with Crippen molar-refractivity contribution in [1.82, 2.24) is 9.97 Å². The van der Waals surface area contributed by atoms with Crippen LogP contribution in [0.4, 0.5) is 5.82 Å². The van der Waals surface area contributed by atoms with Crippen molar-refractivity contribution in [3.8, 4) is 5.75 Å². The molecule has 1 aliphatic heterocycles. The molecule has 0 spiro atoms. The van der Waals surface area contributed by atoms with Crippen LogP contribution in [0.25, 0.3) is 0 Å². The van der Waals surface area contributed by atoms with Crippen LogP contribution < -0.4 is 10.1 Å². The van der Waals surface area contributed by atoms with Crippen molar-refractivity contribution in [3.05, 3.63) is 47.4 Å². The number of rotatable bonds is 4. The largest absolute Gasteiger partial charge is 0.492 e. The SMILES string of the molecule is CCNc1cc(C2CC2)nc(C2COc3ccccc32)n1. The number of anilines is 1. The quantitative estimate of drug-likeness (QED) is 0.934. The summed E-state index contributed by atoms with van der Waals surface area (Å²) in [6.45, 7) is 3.60. The van der Waals surface area contributed by atoms with E-state index in [-0.39, 0.29) is 5.92 Å². The molecule has 1 fully saturated rings. The number of nitrogens with one attached hydrogen (secondary N) is 1. The Bertz CT molecular complexity index is 667. The third-order valence-corrected chi connectivity index (χ3v) is 4.13. The van der Waals surface area contributed by atoms with E-state index in [1.54, 1.807) is 0 Å². The highest BCUT2D eigenvalue weighted by Crippen LogP contribution is 2.41. The number of hydrogen-bond acceptors (Lipinski definition) is 4. The molecule has 2 aliphatic rings. The van der Waals surface area contributed by atoms with Gasteiger partial charge in [0.05, 0.1) is 5.92 Å². The molecule has 1 aromatic heterocycles. The highest BCUT2D eigenvalue weighted by molar-refractivity contribution is 5.45. The van der Waals surface area contributed by atoms with Crippen molar-refractivity contribution >= 4 is 5.82 Å². The van der Waals surface area contributed by atoms with Crippen molar-refractivity contribution in [2.24, 2.45) is 0 Å². The van der Waals surface area contributed by atoms with Gasteiger partial charge in [-0.2, -0.15) is 0 Å². The third kappa shape index (κ3) is 2.35. The summed E-state index contributed by atoms with van der Waals surface area (Å²) in [7, 11) is 0. The first kappa shape index (κ1) is 12.6. The minimum Gasteiger partial charge on any atom is -0.492 e. The lowest BCUT2D eigenvalue weighted by Gasteiger charge is -2.12. The van der Waals surface area contributed by atoms with Crippen LogP contribution >= 0.6 is 0 Å². The molecule has 2 aromatic rings. The Kier molecular flexibility index (Phi) is 3.02. The first-order chi connectivity index (χ1) is 10.3. The molecule has 21 heavy (non-hydrogen) atoms. The molecule has 1 unspecified atom stereocenters. The van der Waals surface area contributed by atoms with E-state index in [0.29, 0.717) is 12.5 Å². The molecule has 0 bridgehead atoms. The van der Waals surface area contributed by atoms with Gasteiger partial charge in [-0.05, 0) is 25.8 Å². The maximum Gasteiger partial charge on any atom is 0.142 e. The van der Waals surface area contributed by atoms with Crippen LogP contribution in [0.5, 0.6) is 5.75 Å². The Morgan fingerprint density at radius 3 is 2.90 bits per heavy atom. The van der Waals surface area contributed by atoms with E-state index in [1.165, 1.54) is 24.1 Å². The first-order valence-electron chi connectivity index (χ1n) is 7.69. The number of ether oxygens (including phenoxy) is 1. The van der Waals surface area contributed by atoms with Crippen LogP contribution in [0.2, 0.25) is 0 Å². The molecule has 2 heterocycles. The predicted molar refractivity (Wildman–Crippen MR) is 82.0 cm³/mol. The van der Waals surface area contributed by atoms with E-state index < -0.39 is 0 Å². The number of aromatic nitrogens is 2. The molecule has 4 heteroatoms. The maximum absolute atomic E-state index is 5.78. The zero-order valence-corrected chi connectivity index (χ0v) is 12.2. The topological polar surface area (TPSA) is 47.0 Å². The lowest BCUT2D eigenvalue weighted by molar-refractivity contribution is 0.339. The zero-order chi connectivity index (χ0) is 14.2. The van der Waals surface area contributed by atoms with Crippen LogP contribution in [0, 0.1) is 0 Å². The number of fused-ring (bicyclic) bond motifs is 1. The van der Waals surface area contributed by atoms with Crippen LogP contribution in [0.15, 0.2) is 30.3 Å². The lowest BCUT2D eigenvalue weighted by Crippen LogP contribution is -2.11. The van der Waals surface area contributed by atoms with Gasteiger partial charge in [0.25, 0.3) is 0 Å². The van der Waals surface area contributed by atoms with Crippen LogP contribution in [0.3, 0.4) is 0 Å². The van der Waals surface area contributed by atoms with Crippen LogP contribution in [-0.2, 0) is 0 Å². The summed E-state index contributed by atoms with van der Waals surface area (Å²) in [5, 5.41) is 3.33. The van der Waals surface area contributed by atoms with E-state index in [0.717, 1.165) is 23.9 Å². The van der Waals surface area contributed by atoms with Gasteiger partial charge in [-0.1, -0.05) is 18.2 Å². The molecule has 1 N–H and O–H groups in total. The number of para-hydroxylation sites is 1. The summed E-state index contributed by atoms with van der Waals surface area (Å²) in [6, 6.07) is 10.3. The second-order valence-corrected chi connectivity index (χ2v) is 5.74. The Morgan fingerprint density at radius 1 is 1.24 bits per heavy atom. The molecular weight excluding hydrogens is 262 g/mol. The molecule has 4 nitrogen and oxygen atoms in total. The lowest BCUT2D eigenvalue weighted by atomic mass is 10.0. The Balaban J connectivity index is 1.74. The van der Waals surface area contributed by atoms with Gasteiger partial charge in [-0.3, -0.25) is 0 Å². The van der Waals surface area contributed by atoms with Crippen molar-refractivity contribution in [2.75, 3.05) is 18.5 Å². The van der Waals surface area contributed by atoms with Gasteiger partial charge >= 0.3 is 0 Å². The van der Waals surface area contributed by atoms with Gasteiger partial charge < -0.3 is 10.1 Å². The molecular formula is C17H19N3O. The van der Waals surface area contributed by atoms with E-state index in [4.69, 9.17) is 14.7 Å². The van der Waals surface area contributed by atoms with Crippen molar-refractivity contribution < 1.29 is 4.74 Å². The molecule has 108 valence electrons. The van der Waals surface area contributed by atoms with E-state index in [1.807, 2.05) is 12.1 Å². The molecule has 0 radical (unpaired) electrons. The summed E-state index contributed by atoms with van der Waals surface area (Å²) in [5.41, 5.74) is 2.38. The highest BCUT2D eigenvalue weighted by Gasteiger charge is 2.31. The second kappa shape index (κ2) is 5.02. The molecule has 1 aromatic carbocycles. The maximum atomic E-state index is 5.78. The third-order valence-electron chi connectivity index (χ3n) is 4.13. The van der Waals surface area contributed by atoms with E-state index in [9.17, 15) is 0 Å². The first-order valence-corrected chi connectivity index (χ1v) is 7.69. The highest BCUT2D eigenvalue weighted by atomic mass is 16.5. The number of benzene rings is 1. The Hall–Kier alpha value is -2.10. The van der Waals surface area contributed by atoms with Gasteiger partial charge in [0, 0.05) is 29.8 Å². The van der Waals surface area contributed by atoms with Crippen molar-refractivity contribution in [1.29, 1.82) is 0 Å². The van der Waals surface area contributed by atoms with E-state index in [2.05, 4.69) is 30.4 Å². The smallest absolute Gasteiger partial charge is 0.142 e. The molecule has 0 saturated heterocycles. The summed E-state index contributed by atoms with van der Waals surface area (Å²) in [4.78, 5) is 9.54. The average Bonchev–Trinajstić information content (AvgIpc) is 3.27. The Morgan fingerprint density at radius 2 is 2.10 bits per heavy atom. The fourth-order valence-electron chi connectivity index (χ4n) is 2.88. The average molecular weight is 281 g/mol. The standard InChI is InChI=1S/C17H19N3O/c1-2-18-16-9-14(11-7-8-11)19-17(20-16)13-10-21-15-6-4-3-5-12(13)15/h3-6,9,11,13H,2,7-8,10H2,1H3,(H,18,19,20). The number of hydrogen-bond donors (Lipinski definition) is 1. The van der Waals surface area contributed by atoms with E-state index >= 15 is 0 Å². The number of nitrogens with zero attached hydrogens (tertiary/aromatic N) is 2. The normalized spacial score (nSPS) is 20.0. The van der Waals surface area contributed by atoms with Crippen LogP contribution in [0.1, 0.15) is 48.7 Å². The predicted octanol–water partition coefficient (Wildman–Crippen LogP) is 3.31. The molecule has 4 rings (SSSR count). The summed E-state index contributed by atoms with van der Waals surface area (Å²) in [5.74, 6) is 3.57. The summed E-state index contributed by atoms with van der Waals surface area (Å²) >= 11 is 0. The Labute approximate surface area is 124 Å². The van der Waals surface area contributed by atoms with Gasteiger partial charge in [0.15, 0.2) is 0 Å². The second-order valence-electron chi connectivity index (χ2n) is 5.74. The van der Waals surface area contributed by atoms with Gasteiger partial charge in [0.1, 0.15) is 24.0 Å². The van der Waals surface area contributed by atoms with Gasteiger partial charge in [0.2, 0.25) is 0 Å². The zero-order valence-electron chi connectivity index (χ0n) is 12.2. The van der Waals surface area contributed by atoms with Crippen LogP contribution in [-0.4, -0.2) is 23.1 Å². The van der Waals surface area contributed by atoms with Gasteiger partial charge in [-0.25, -0.2) is 9.97 Å². The molecule has 1 saturated carbocycles. The summed E-state index contributed by atoms with van der Waals surface area (Å²) < 4.78 is 5.78. The molecule has 1 atom stereocenters. The minimum atomic E-state index is 0.150. The van der Waals surface area contributed by atoms with Crippen molar-refractivity contribution in [3.63, 3.8) is 0 Å². The van der Waals surface area contributed by atoms with Crippen molar-refractivity contribution in [2.45, 2.75) is 31.6 Å². The fourth-order valence-corrected chi connectivity index (χ4v) is 2.88. The fraction of sp³-hybridized carbons (Fsp3) is 0.412. The monoisotopic (exact) mass is 281 g/mol. The minimum absolute atomic E-state index is 0.150. The summed E-state index contributed by atoms with van der Waals surface area (Å²) in [6.07, 6.45) is 2.50. The van der Waals surface area contributed by atoms with Gasteiger partial charge in [-0.15, -0.1) is 0 Å².